The van der Waals surface area contributed by atoms with Gasteiger partial charge in [0.1, 0.15) is 5.75 Å². The van der Waals surface area contributed by atoms with Crippen LogP contribution in [-0.2, 0) is 17.8 Å². The second-order valence-electron chi connectivity index (χ2n) is 7.99. The molecule has 6 heteroatoms. The minimum atomic E-state index is -0.348. The fourth-order valence-electron chi connectivity index (χ4n) is 3.90. The molecule has 0 radical (unpaired) electrons. The smallest absolute Gasteiger partial charge is 0.338 e. The maximum absolute atomic E-state index is 11.9. The van der Waals surface area contributed by atoms with Crippen molar-refractivity contribution in [2.24, 2.45) is 0 Å². The number of nitrogens with zero attached hydrogens (tertiary/aromatic N) is 2. The second kappa shape index (κ2) is 10.2. The quantitative estimate of drug-likeness (QED) is 0.295. The van der Waals surface area contributed by atoms with E-state index >= 15 is 0 Å². The highest BCUT2D eigenvalue weighted by Gasteiger charge is 2.11. The summed E-state index contributed by atoms with van der Waals surface area (Å²) in [5.74, 6) is 0.289. The van der Waals surface area contributed by atoms with E-state index in [0.717, 1.165) is 17.5 Å². The van der Waals surface area contributed by atoms with Crippen molar-refractivity contribution in [3.8, 4) is 5.75 Å². The van der Waals surface area contributed by atoms with Crippen molar-refractivity contribution >= 4 is 17.0 Å². The highest BCUT2D eigenvalue weighted by atomic mass is 16.5. The number of esters is 1. The van der Waals surface area contributed by atoms with Crippen LogP contribution in [0.5, 0.6) is 5.75 Å². The number of para-hydroxylation sites is 2. The lowest BCUT2D eigenvalue weighted by atomic mass is 10.1. The Hall–Kier alpha value is -3.80. The van der Waals surface area contributed by atoms with E-state index in [1.54, 1.807) is 25.1 Å². The van der Waals surface area contributed by atoms with E-state index < -0.39 is 0 Å². The molecule has 4 rings (SSSR count). The first kappa shape index (κ1) is 22.4. The lowest BCUT2D eigenvalue weighted by Gasteiger charge is -2.09. The van der Waals surface area contributed by atoms with Crippen LogP contribution in [0.15, 0.2) is 72.8 Å². The summed E-state index contributed by atoms with van der Waals surface area (Å²) in [5.41, 5.74) is 5.44. The number of aromatic nitrogens is 2. The molecular weight excluding hydrogens is 414 g/mol. The third kappa shape index (κ3) is 5.17. The molecule has 3 aromatic carbocycles. The fraction of sp³-hybridized carbons (Fsp3) is 0.259. The minimum Gasteiger partial charge on any atom is -0.494 e. The molecule has 170 valence electrons. The summed E-state index contributed by atoms with van der Waals surface area (Å²) in [7, 11) is 0. The number of fused-ring (bicyclic) bond motifs is 1. The van der Waals surface area contributed by atoms with Gasteiger partial charge in [0.25, 0.3) is 0 Å². The highest BCUT2D eigenvalue weighted by molar-refractivity contribution is 5.89. The Kier molecular flexibility index (Phi) is 6.93. The van der Waals surface area contributed by atoms with Gasteiger partial charge in [-0.1, -0.05) is 48.0 Å². The predicted octanol–water partition coefficient (Wildman–Crippen LogP) is 4.92. The molecule has 0 spiro atoms. The maximum atomic E-state index is 11.9. The van der Waals surface area contributed by atoms with Crippen LogP contribution in [0.1, 0.15) is 34.8 Å². The molecule has 1 aromatic heterocycles. The number of nitrogens with one attached hydrogen (secondary N) is 1. The van der Waals surface area contributed by atoms with Gasteiger partial charge in [0.05, 0.1) is 36.4 Å². The topological polar surface area (TPSA) is 69.2 Å². The molecule has 1 N–H and O–H groups in total. The molecule has 1 heterocycles. The van der Waals surface area contributed by atoms with E-state index in [2.05, 4.69) is 43.3 Å². The molecule has 0 unspecified atom stereocenters. The summed E-state index contributed by atoms with van der Waals surface area (Å²) in [6.07, 6.45) is 0.735. The molecular formula is C27H29N3O3. The minimum absolute atomic E-state index is 0.341. The number of ether oxygens (including phenoxy) is 2. The van der Waals surface area contributed by atoms with Gasteiger partial charge in [-0.2, -0.15) is 0 Å². The molecule has 0 aliphatic rings. The van der Waals surface area contributed by atoms with E-state index in [9.17, 15) is 4.79 Å². The molecule has 0 aliphatic carbocycles. The van der Waals surface area contributed by atoms with Crippen molar-refractivity contribution in [1.29, 1.82) is 5.41 Å². The summed E-state index contributed by atoms with van der Waals surface area (Å²) in [6, 6.07) is 23.6. The first-order chi connectivity index (χ1) is 16.1. The largest absolute Gasteiger partial charge is 0.494 e. The molecule has 0 amide bonds. The van der Waals surface area contributed by atoms with Crippen LogP contribution in [0.2, 0.25) is 0 Å². The number of benzene rings is 3. The van der Waals surface area contributed by atoms with Gasteiger partial charge in [0.2, 0.25) is 5.62 Å². The van der Waals surface area contributed by atoms with Gasteiger partial charge in [0.15, 0.2) is 0 Å². The standard InChI is InChI=1S/C27H29N3O3/c1-3-32-26(31)22-8-6-9-23(18-22)33-17-7-16-29-24-10-4-5-11-25(24)30(27(29)28)19-21-14-12-20(2)13-15-21/h4-6,8-15,18,28H,3,7,16-17,19H2,1-2H3. The normalized spacial score (nSPS) is 11.0. The molecule has 0 atom stereocenters. The van der Waals surface area contributed by atoms with Gasteiger partial charge in [0, 0.05) is 6.54 Å². The SMILES string of the molecule is CCOC(=O)c1cccc(OCCCn2c(=N)n(Cc3ccc(C)cc3)c3ccccc32)c1. The Morgan fingerprint density at radius 1 is 0.939 bits per heavy atom. The van der Waals surface area contributed by atoms with E-state index in [1.165, 1.54) is 11.1 Å². The summed E-state index contributed by atoms with van der Waals surface area (Å²) < 4.78 is 15.0. The van der Waals surface area contributed by atoms with Gasteiger partial charge in [-0.25, -0.2) is 4.79 Å². The molecule has 0 aliphatic heterocycles. The molecule has 0 saturated carbocycles. The zero-order valence-corrected chi connectivity index (χ0v) is 19.1. The van der Waals surface area contributed by atoms with Crippen LogP contribution in [-0.4, -0.2) is 28.3 Å². The van der Waals surface area contributed by atoms with Crippen LogP contribution in [0.3, 0.4) is 0 Å². The van der Waals surface area contributed by atoms with Gasteiger partial charge in [-0.15, -0.1) is 0 Å². The third-order valence-corrected chi connectivity index (χ3v) is 5.58. The number of hydrogen-bond acceptors (Lipinski definition) is 4. The van der Waals surface area contributed by atoms with Crippen molar-refractivity contribution < 1.29 is 14.3 Å². The zero-order chi connectivity index (χ0) is 23.2. The summed E-state index contributed by atoms with van der Waals surface area (Å²) in [5, 5.41) is 8.81. The predicted molar refractivity (Wildman–Crippen MR) is 129 cm³/mol. The number of carbonyl (C=O) groups is 1. The molecule has 0 bridgehead atoms. The van der Waals surface area contributed by atoms with Gasteiger partial charge >= 0.3 is 5.97 Å². The van der Waals surface area contributed by atoms with Crippen molar-refractivity contribution in [1.82, 2.24) is 9.13 Å². The monoisotopic (exact) mass is 443 g/mol. The average molecular weight is 444 g/mol. The molecule has 4 aromatic rings. The van der Waals surface area contributed by atoms with E-state index in [4.69, 9.17) is 14.9 Å². The first-order valence-electron chi connectivity index (χ1n) is 11.2. The Morgan fingerprint density at radius 3 is 2.39 bits per heavy atom. The van der Waals surface area contributed by atoms with Crippen LogP contribution >= 0.6 is 0 Å². The van der Waals surface area contributed by atoms with Crippen molar-refractivity contribution in [2.45, 2.75) is 33.4 Å². The Bertz CT molecular complexity index is 1300. The number of carbonyl (C=O) groups excluding carboxylic acids is 1. The Balaban J connectivity index is 1.46. The number of aryl methyl sites for hydroxylation is 2. The van der Waals surface area contributed by atoms with Crippen LogP contribution in [0, 0.1) is 12.3 Å². The summed E-state index contributed by atoms with van der Waals surface area (Å²) in [4.78, 5) is 11.9. The maximum Gasteiger partial charge on any atom is 0.338 e. The second-order valence-corrected chi connectivity index (χ2v) is 7.99. The van der Waals surface area contributed by atoms with Crippen LogP contribution in [0.4, 0.5) is 0 Å². The third-order valence-electron chi connectivity index (χ3n) is 5.58. The van der Waals surface area contributed by atoms with E-state index in [-0.39, 0.29) is 5.97 Å². The summed E-state index contributed by atoms with van der Waals surface area (Å²) in [6.45, 7) is 6.01. The molecule has 0 fully saturated rings. The Morgan fingerprint density at radius 2 is 1.67 bits per heavy atom. The van der Waals surface area contributed by atoms with Crippen molar-refractivity contribution in [2.75, 3.05) is 13.2 Å². The van der Waals surface area contributed by atoms with Crippen molar-refractivity contribution in [3.05, 3.63) is 95.1 Å². The van der Waals surface area contributed by atoms with Crippen LogP contribution < -0.4 is 10.4 Å². The first-order valence-corrected chi connectivity index (χ1v) is 11.2. The molecule has 33 heavy (non-hydrogen) atoms. The average Bonchev–Trinajstić information content (AvgIpc) is 3.09. The number of imidazole rings is 1. The van der Waals surface area contributed by atoms with Gasteiger partial charge in [-0.3, -0.25) is 5.41 Å². The fourth-order valence-corrected chi connectivity index (χ4v) is 3.90. The van der Waals surface area contributed by atoms with Crippen molar-refractivity contribution in [3.63, 3.8) is 0 Å². The van der Waals surface area contributed by atoms with Gasteiger partial charge in [-0.05, 0) is 56.2 Å². The van der Waals surface area contributed by atoms with E-state index in [1.807, 2.05) is 27.3 Å². The highest BCUT2D eigenvalue weighted by Crippen LogP contribution is 2.17. The van der Waals surface area contributed by atoms with Crippen LogP contribution in [0.25, 0.3) is 11.0 Å². The number of rotatable bonds is 9. The lowest BCUT2D eigenvalue weighted by molar-refractivity contribution is 0.0526. The number of hydrogen-bond donors (Lipinski definition) is 1. The van der Waals surface area contributed by atoms with Gasteiger partial charge < -0.3 is 18.6 Å². The lowest BCUT2D eigenvalue weighted by Crippen LogP contribution is -2.25. The molecule has 0 saturated heterocycles. The zero-order valence-electron chi connectivity index (χ0n) is 19.1. The summed E-state index contributed by atoms with van der Waals surface area (Å²) >= 11 is 0. The van der Waals surface area contributed by atoms with E-state index in [0.29, 0.717) is 43.2 Å². The molecule has 6 nitrogen and oxygen atoms in total. The Labute approximate surface area is 193 Å².